The van der Waals surface area contributed by atoms with E-state index in [0.717, 1.165) is 0 Å². The molecule has 8 heavy (non-hydrogen) atoms. The summed E-state index contributed by atoms with van der Waals surface area (Å²) in [5, 5.41) is 0. The third-order valence-corrected chi connectivity index (χ3v) is 1.67. The van der Waals surface area contributed by atoms with Gasteiger partial charge in [-0.25, -0.2) is 8.78 Å². The molecule has 0 amide bonds. The van der Waals surface area contributed by atoms with Gasteiger partial charge in [0.25, 0.3) is 0 Å². The molecule has 2 heteroatoms. The predicted octanol–water partition coefficient (Wildman–Crippen LogP) is 1.95. The zero-order valence-corrected chi connectivity index (χ0v) is 5.07. The zero-order valence-electron chi connectivity index (χ0n) is 5.07. The summed E-state index contributed by atoms with van der Waals surface area (Å²) in [5.41, 5.74) is 0. The van der Waals surface area contributed by atoms with Gasteiger partial charge < -0.3 is 0 Å². The predicted molar refractivity (Wildman–Crippen MR) is 28.1 cm³/mol. The van der Waals surface area contributed by atoms with Crippen molar-refractivity contribution in [1.82, 2.24) is 0 Å². The van der Waals surface area contributed by atoms with Gasteiger partial charge in [-0.05, 0) is 5.92 Å². The van der Waals surface area contributed by atoms with Crippen LogP contribution in [0.3, 0.4) is 0 Å². The van der Waals surface area contributed by atoms with Gasteiger partial charge in [0, 0.05) is 5.92 Å². The van der Waals surface area contributed by atoms with Gasteiger partial charge in [0.05, 0.1) is 0 Å². The minimum Gasteiger partial charge on any atom is -0.244 e. The van der Waals surface area contributed by atoms with E-state index in [1.165, 1.54) is 0 Å². The molecule has 1 aliphatic carbocycles. The molecule has 1 aliphatic rings. The Bertz CT molecular complexity index is 75.8. The SMILES string of the molecule is CC(C)C1C(F)C1F. The van der Waals surface area contributed by atoms with Crippen molar-refractivity contribution >= 4 is 0 Å². The Hall–Kier alpha value is -0.140. The second kappa shape index (κ2) is 1.67. The third-order valence-electron chi connectivity index (χ3n) is 1.67. The standard InChI is InChI=1S/C6H10F2/c1-3(2)4-5(7)6(4)8/h3-6H,1-2H3. The Labute approximate surface area is 47.9 Å². The fraction of sp³-hybridized carbons (Fsp3) is 1.00. The van der Waals surface area contributed by atoms with Crippen LogP contribution in [0.1, 0.15) is 13.8 Å². The molecular weight excluding hydrogens is 110 g/mol. The summed E-state index contributed by atoms with van der Waals surface area (Å²) in [6, 6.07) is 0. The summed E-state index contributed by atoms with van der Waals surface area (Å²) in [6.45, 7) is 3.69. The molecule has 0 aromatic rings. The second-order valence-corrected chi connectivity index (χ2v) is 2.71. The zero-order chi connectivity index (χ0) is 6.31. The van der Waals surface area contributed by atoms with E-state index in [1.807, 2.05) is 13.8 Å². The maximum absolute atomic E-state index is 12.0. The van der Waals surface area contributed by atoms with Crippen LogP contribution in [0.15, 0.2) is 0 Å². The molecule has 2 atom stereocenters. The van der Waals surface area contributed by atoms with E-state index in [2.05, 4.69) is 0 Å². The van der Waals surface area contributed by atoms with Crippen molar-refractivity contribution < 1.29 is 8.78 Å². The molecule has 48 valence electrons. The topological polar surface area (TPSA) is 0 Å². The highest BCUT2D eigenvalue weighted by atomic mass is 19.2. The largest absolute Gasteiger partial charge is 0.244 e. The minimum absolute atomic E-state index is 0.167. The van der Waals surface area contributed by atoms with E-state index in [4.69, 9.17) is 0 Å². The maximum atomic E-state index is 12.0. The molecule has 0 N–H and O–H groups in total. The lowest BCUT2D eigenvalue weighted by molar-refractivity contribution is 0.372. The lowest BCUT2D eigenvalue weighted by Gasteiger charge is -1.95. The Kier molecular flexibility index (Phi) is 1.25. The lowest BCUT2D eigenvalue weighted by atomic mass is 10.1. The molecule has 0 nitrogen and oxygen atoms in total. The summed E-state index contributed by atoms with van der Waals surface area (Å²) in [5.74, 6) is -0.130. The molecule has 1 saturated carbocycles. The van der Waals surface area contributed by atoms with Gasteiger partial charge in [0.1, 0.15) is 12.3 Å². The smallest absolute Gasteiger partial charge is 0.137 e. The molecule has 1 fully saturated rings. The third kappa shape index (κ3) is 0.721. The van der Waals surface area contributed by atoms with Crippen LogP contribution in [0, 0.1) is 11.8 Å². The summed E-state index contributed by atoms with van der Waals surface area (Å²) < 4.78 is 24.1. The Morgan fingerprint density at radius 3 is 1.50 bits per heavy atom. The van der Waals surface area contributed by atoms with Gasteiger partial charge in [-0.15, -0.1) is 0 Å². The quantitative estimate of drug-likeness (QED) is 0.496. The van der Waals surface area contributed by atoms with Crippen LogP contribution < -0.4 is 0 Å². The van der Waals surface area contributed by atoms with E-state index in [1.54, 1.807) is 0 Å². The van der Waals surface area contributed by atoms with E-state index < -0.39 is 12.3 Å². The molecule has 0 radical (unpaired) electrons. The first kappa shape index (κ1) is 5.99. The molecular formula is C6H10F2. The van der Waals surface area contributed by atoms with Crippen LogP contribution in [-0.2, 0) is 0 Å². The molecule has 0 aromatic carbocycles. The number of halogens is 2. The van der Waals surface area contributed by atoms with E-state index >= 15 is 0 Å². The van der Waals surface area contributed by atoms with Crippen molar-refractivity contribution in [1.29, 1.82) is 0 Å². The van der Waals surface area contributed by atoms with Crippen molar-refractivity contribution in [3.05, 3.63) is 0 Å². The van der Waals surface area contributed by atoms with Gasteiger partial charge >= 0.3 is 0 Å². The highest BCUT2D eigenvalue weighted by Crippen LogP contribution is 2.43. The molecule has 0 spiro atoms. The summed E-state index contributed by atoms with van der Waals surface area (Å²) in [4.78, 5) is 0. The van der Waals surface area contributed by atoms with Gasteiger partial charge in [-0.2, -0.15) is 0 Å². The van der Waals surface area contributed by atoms with Crippen LogP contribution in [0.5, 0.6) is 0 Å². The van der Waals surface area contributed by atoms with Crippen LogP contribution in [-0.4, -0.2) is 12.3 Å². The number of hydrogen-bond acceptors (Lipinski definition) is 0. The number of alkyl halides is 2. The van der Waals surface area contributed by atoms with Gasteiger partial charge in [-0.1, -0.05) is 13.8 Å². The van der Waals surface area contributed by atoms with Crippen molar-refractivity contribution in [2.24, 2.45) is 11.8 Å². The van der Waals surface area contributed by atoms with Crippen molar-refractivity contribution in [3.63, 3.8) is 0 Å². The van der Waals surface area contributed by atoms with Gasteiger partial charge in [0.15, 0.2) is 0 Å². The van der Waals surface area contributed by atoms with E-state index in [9.17, 15) is 8.78 Å². The first-order valence-corrected chi connectivity index (χ1v) is 2.92. The monoisotopic (exact) mass is 120 g/mol. The maximum Gasteiger partial charge on any atom is 0.137 e. The van der Waals surface area contributed by atoms with Crippen molar-refractivity contribution in [2.45, 2.75) is 26.2 Å². The fourth-order valence-corrected chi connectivity index (χ4v) is 0.995. The normalized spacial score (nSPS) is 45.4. The average molecular weight is 120 g/mol. The summed E-state index contributed by atoms with van der Waals surface area (Å²) in [7, 11) is 0. The average Bonchev–Trinajstić information content (AvgIpc) is 2.15. The minimum atomic E-state index is -1.16. The molecule has 1 rings (SSSR count). The van der Waals surface area contributed by atoms with Crippen LogP contribution >= 0.6 is 0 Å². The van der Waals surface area contributed by atoms with Crippen molar-refractivity contribution in [3.8, 4) is 0 Å². The number of rotatable bonds is 1. The Morgan fingerprint density at radius 1 is 1.12 bits per heavy atom. The van der Waals surface area contributed by atoms with Crippen LogP contribution in [0.2, 0.25) is 0 Å². The van der Waals surface area contributed by atoms with Crippen LogP contribution in [0.4, 0.5) is 8.78 Å². The fourth-order valence-electron chi connectivity index (χ4n) is 0.995. The first-order chi connectivity index (χ1) is 3.64. The van der Waals surface area contributed by atoms with E-state index in [0.29, 0.717) is 0 Å². The summed E-state index contributed by atoms with van der Waals surface area (Å²) in [6.07, 6.45) is -2.31. The summed E-state index contributed by atoms with van der Waals surface area (Å²) >= 11 is 0. The lowest BCUT2D eigenvalue weighted by Crippen LogP contribution is -1.92. The molecule has 0 aliphatic heterocycles. The Balaban J connectivity index is 2.33. The Morgan fingerprint density at radius 2 is 1.50 bits per heavy atom. The molecule has 0 heterocycles. The number of hydrogen-bond donors (Lipinski definition) is 0. The highest BCUT2D eigenvalue weighted by molar-refractivity contribution is 5.00. The molecule has 0 aromatic heterocycles. The molecule has 0 bridgehead atoms. The highest BCUT2D eigenvalue weighted by Gasteiger charge is 2.53. The molecule has 2 unspecified atom stereocenters. The second-order valence-electron chi connectivity index (χ2n) is 2.71. The van der Waals surface area contributed by atoms with Gasteiger partial charge in [0.2, 0.25) is 0 Å². The van der Waals surface area contributed by atoms with Crippen molar-refractivity contribution in [2.75, 3.05) is 0 Å². The van der Waals surface area contributed by atoms with Gasteiger partial charge in [-0.3, -0.25) is 0 Å². The first-order valence-electron chi connectivity index (χ1n) is 2.92. The van der Waals surface area contributed by atoms with Crippen LogP contribution in [0.25, 0.3) is 0 Å². The molecule has 0 saturated heterocycles. The van der Waals surface area contributed by atoms with E-state index in [-0.39, 0.29) is 11.8 Å².